The van der Waals surface area contributed by atoms with Gasteiger partial charge in [-0.05, 0) is 24.3 Å². The van der Waals surface area contributed by atoms with E-state index in [1.807, 2.05) is 0 Å². The van der Waals surface area contributed by atoms with Crippen LogP contribution < -0.4 is 0 Å². The van der Waals surface area contributed by atoms with Gasteiger partial charge in [0, 0.05) is 18.6 Å². The average Bonchev–Trinajstić information content (AvgIpc) is 2.95. The second-order valence-electron chi connectivity index (χ2n) is 5.35. The molecule has 2 aromatic heterocycles. The summed E-state index contributed by atoms with van der Waals surface area (Å²) in [6.45, 7) is -0.0858. The number of ether oxygens (including phenoxy) is 1. The van der Waals surface area contributed by atoms with Crippen LogP contribution >= 0.6 is 23.2 Å². The van der Waals surface area contributed by atoms with E-state index in [0.717, 1.165) is 6.26 Å². The van der Waals surface area contributed by atoms with Gasteiger partial charge in [-0.1, -0.05) is 29.3 Å². The van der Waals surface area contributed by atoms with Gasteiger partial charge in [0.2, 0.25) is 0 Å². The van der Waals surface area contributed by atoms with Crippen LogP contribution in [0.4, 0.5) is 0 Å². The number of imidazole rings is 1. The summed E-state index contributed by atoms with van der Waals surface area (Å²) in [5.74, 6) is -0.647. The number of carbonyl (C=O) groups is 1. The van der Waals surface area contributed by atoms with Crippen molar-refractivity contribution in [2.24, 2.45) is 0 Å². The summed E-state index contributed by atoms with van der Waals surface area (Å²) >= 11 is 12.0. The summed E-state index contributed by atoms with van der Waals surface area (Å²) in [7, 11) is -3.40. The first-order chi connectivity index (χ1) is 11.7. The molecule has 0 unspecified atom stereocenters. The zero-order valence-corrected chi connectivity index (χ0v) is 15.3. The van der Waals surface area contributed by atoms with E-state index in [1.54, 1.807) is 22.9 Å². The standard InChI is InChI=1S/C16H12Cl2N2O4S/c1-25(22,23)13-4-2-3-10(5-13)16(21)24-9-12-8-20-7-11(17)6-14(18)15(20)19-12/h2-8H,9H2,1H3. The molecular weight excluding hydrogens is 387 g/mol. The highest BCUT2D eigenvalue weighted by atomic mass is 35.5. The lowest BCUT2D eigenvalue weighted by Gasteiger charge is -2.04. The van der Waals surface area contributed by atoms with Crippen molar-refractivity contribution in [1.82, 2.24) is 9.38 Å². The van der Waals surface area contributed by atoms with Crippen molar-refractivity contribution < 1.29 is 17.9 Å². The number of benzene rings is 1. The molecule has 3 rings (SSSR count). The van der Waals surface area contributed by atoms with Crippen molar-refractivity contribution in [3.63, 3.8) is 0 Å². The highest BCUT2D eigenvalue weighted by Crippen LogP contribution is 2.22. The average molecular weight is 399 g/mol. The van der Waals surface area contributed by atoms with Crippen LogP contribution in [0.1, 0.15) is 16.1 Å². The molecule has 0 saturated heterocycles. The number of fused-ring (bicyclic) bond motifs is 1. The Morgan fingerprint density at radius 1 is 1.24 bits per heavy atom. The first-order valence-electron chi connectivity index (χ1n) is 7.04. The molecule has 9 heteroatoms. The summed E-state index contributed by atoms with van der Waals surface area (Å²) < 4.78 is 29.9. The highest BCUT2D eigenvalue weighted by molar-refractivity contribution is 7.90. The smallest absolute Gasteiger partial charge is 0.338 e. The van der Waals surface area contributed by atoms with Crippen molar-refractivity contribution in [3.8, 4) is 0 Å². The molecule has 25 heavy (non-hydrogen) atoms. The number of nitrogens with zero attached hydrogens (tertiary/aromatic N) is 2. The predicted molar refractivity (Wildman–Crippen MR) is 93.9 cm³/mol. The largest absolute Gasteiger partial charge is 0.456 e. The fourth-order valence-electron chi connectivity index (χ4n) is 2.22. The Bertz CT molecular complexity index is 1080. The summed E-state index contributed by atoms with van der Waals surface area (Å²) in [6, 6.07) is 7.23. The summed E-state index contributed by atoms with van der Waals surface area (Å²) in [5, 5.41) is 0.835. The topological polar surface area (TPSA) is 77.7 Å². The van der Waals surface area contributed by atoms with E-state index >= 15 is 0 Å². The molecule has 3 aromatic rings. The van der Waals surface area contributed by atoms with E-state index in [2.05, 4.69) is 4.98 Å². The lowest BCUT2D eigenvalue weighted by atomic mass is 10.2. The van der Waals surface area contributed by atoms with Crippen molar-refractivity contribution in [1.29, 1.82) is 0 Å². The van der Waals surface area contributed by atoms with E-state index < -0.39 is 15.8 Å². The van der Waals surface area contributed by atoms with Gasteiger partial charge < -0.3 is 9.14 Å². The lowest BCUT2D eigenvalue weighted by molar-refractivity contribution is 0.0468. The summed E-state index contributed by atoms with van der Waals surface area (Å²) in [6.07, 6.45) is 4.35. The summed E-state index contributed by atoms with van der Waals surface area (Å²) in [4.78, 5) is 16.5. The van der Waals surface area contributed by atoms with E-state index in [9.17, 15) is 13.2 Å². The van der Waals surface area contributed by atoms with Crippen molar-refractivity contribution in [2.45, 2.75) is 11.5 Å². The number of esters is 1. The van der Waals surface area contributed by atoms with Crippen molar-refractivity contribution in [3.05, 3.63) is 64.0 Å². The number of hydrogen-bond acceptors (Lipinski definition) is 5. The molecule has 6 nitrogen and oxygen atoms in total. The van der Waals surface area contributed by atoms with Gasteiger partial charge in [-0.2, -0.15) is 0 Å². The molecule has 2 heterocycles. The normalized spacial score (nSPS) is 11.6. The van der Waals surface area contributed by atoms with E-state index in [1.165, 1.54) is 24.3 Å². The Morgan fingerprint density at radius 2 is 2.00 bits per heavy atom. The van der Waals surface area contributed by atoms with E-state index in [-0.39, 0.29) is 17.1 Å². The minimum absolute atomic E-state index is 0.0519. The maximum absolute atomic E-state index is 12.1. The number of aromatic nitrogens is 2. The Kier molecular flexibility index (Phi) is 4.73. The Morgan fingerprint density at radius 3 is 2.72 bits per heavy atom. The lowest BCUT2D eigenvalue weighted by Crippen LogP contribution is -2.07. The number of hydrogen-bond donors (Lipinski definition) is 0. The Balaban J connectivity index is 1.78. The van der Waals surface area contributed by atoms with Crippen LogP contribution in [0.15, 0.2) is 47.6 Å². The second kappa shape index (κ2) is 6.67. The third kappa shape index (κ3) is 3.95. The van der Waals surface area contributed by atoms with Crippen LogP contribution in [-0.4, -0.2) is 30.0 Å². The second-order valence-corrected chi connectivity index (χ2v) is 8.20. The van der Waals surface area contributed by atoms with Gasteiger partial charge >= 0.3 is 5.97 Å². The third-order valence-corrected chi connectivity index (χ3v) is 4.97. The maximum atomic E-state index is 12.1. The van der Waals surface area contributed by atoms with Gasteiger partial charge in [0.1, 0.15) is 6.61 Å². The molecule has 130 valence electrons. The van der Waals surface area contributed by atoms with Crippen LogP contribution in [0.2, 0.25) is 10.0 Å². The number of halogens is 2. The first-order valence-corrected chi connectivity index (χ1v) is 9.68. The highest BCUT2D eigenvalue weighted by Gasteiger charge is 2.14. The summed E-state index contributed by atoms with van der Waals surface area (Å²) in [5.41, 5.74) is 1.13. The van der Waals surface area contributed by atoms with E-state index in [0.29, 0.717) is 21.4 Å². The van der Waals surface area contributed by atoms with Crippen LogP contribution in [-0.2, 0) is 21.2 Å². The SMILES string of the molecule is CS(=O)(=O)c1cccc(C(=O)OCc2cn3cc(Cl)cc(Cl)c3n2)c1. The molecule has 0 aliphatic rings. The number of carbonyl (C=O) groups excluding carboxylic acids is 1. The molecule has 0 N–H and O–H groups in total. The van der Waals surface area contributed by atoms with Gasteiger partial charge in [0.15, 0.2) is 15.5 Å². The van der Waals surface area contributed by atoms with E-state index in [4.69, 9.17) is 27.9 Å². The molecule has 1 aromatic carbocycles. The fourth-order valence-corrected chi connectivity index (χ4v) is 3.42. The van der Waals surface area contributed by atoms with Crippen LogP contribution in [0, 0.1) is 0 Å². The Hall–Kier alpha value is -2.09. The molecule has 0 amide bonds. The first kappa shape index (κ1) is 17.7. The van der Waals surface area contributed by atoms with Crippen molar-refractivity contribution in [2.75, 3.05) is 6.26 Å². The molecule has 0 spiro atoms. The van der Waals surface area contributed by atoms with Gasteiger partial charge in [-0.3, -0.25) is 0 Å². The van der Waals surface area contributed by atoms with Gasteiger partial charge in [-0.15, -0.1) is 0 Å². The van der Waals surface area contributed by atoms with Crippen LogP contribution in [0.5, 0.6) is 0 Å². The molecule has 0 aliphatic heterocycles. The molecular formula is C16H12Cl2N2O4S. The minimum atomic E-state index is -3.40. The van der Waals surface area contributed by atoms with Gasteiger partial charge in [0.05, 0.1) is 26.2 Å². The van der Waals surface area contributed by atoms with Crippen LogP contribution in [0.3, 0.4) is 0 Å². The molecule has 0 aliphatic carbocycles. The fraction of sp³-hybridized carbons (Fsp3) is 0.125. The zero-order chi connectivity index (χ0) is 18.2. The molecule has 0 radical (unpaired) electrons. The number of sulfone groups is 1. The molecule has 0 fully saturated rings. The van der Waals surface area contributed by atoms with Gasteiger partial charge in [0.25, 0.3) is 0 Å². The quantitative estimate of drug-likeness (QED) is 0.629. The Labute approximate surface area is 153 Å². The van der Waals surface area contributed by atoms with Crippen molar-refractivity contribution >= 4 is 44.7 Å². The van der Waals surface area contributed by atoms with Crippen LogP contribution in [0.25, 0.3) is 5.65 Å². The molecule has 0 atom stereocenters. The van der Waals surface area contributed by atoms with Gasteiger partial charge in [-0.25, -0.2) is 18.2 Å². The monoisotopic (exact) mass is 398 g/mol. The molecule has 0 saturated carbocycles. The number of pyridine rings is 1. The minimum Gasteiger partial charge on any atom is -0.456 e. The third-order valence-electron chi connectivity index (χ3n) is 3.37. The maximum Gasteiger partial charge on any atom is 0.338 e. The predicted octanol–water partition coefficient (Wildman–Crippen LogP) is 3.40. The number of rotatable bonds is 4. The molecule has 0 bridgehead atoms. The zero-order valence-electron chi connectivity index (χ0n) is 12.9.